The molecule has 0 spiro atoms. The van der Waals surface area contributed by atoms with Crippen molar-refractivity contribution in [2.45, 2.75) is 13.2 Å². The van der Waals surface area contributed by atoms with Gasteiger partial charge in [-0.05, 0) is 29.3 Å². The van der Waals surface area contributed by atoms with Gasteiger partial charge in [0.15, 0.2) is 0 Å². The molecule has 5 nitrogen and oxygen atoms in total. The van der Waals surface area contributed by atoms with Gasteiger partial charge in [0.1, 0.15) is 0 Å². The van der Waals surface area contributed by atoms with E-state index in [1.54, 1.807) is 36.2 Å². The number of hydrogen-bond acceptors (Lipinski definition) is 3. The molecule has 0 aliphatic carbocycles. The third-order valence-electron chi connectivity index (χ3n) is 2.64. The standard InChI is InChI=1S/C13H14N2O3/c1-18-9-12-7-10(13(16)17)3-4-11(12)8-15-6-2-5-14-15/h2-7H,8-9H2,1H3,(H,16,17). The fraction of sp³-hybridized carbons (Fsp3) is 0.231. The summed E-state index contributed by atoms with van der Waals surface area (Å²) in [5.74, 6) is -0.932. The Hall–Kier alpha value is -2.14. The predicted molar refractivity (Wildman–Crippen MR) is 65.4 cm³/mol. The van der Waals surface area contributed by atoms with Gasteiger partial charge in [-0.2, -0.15) is 5.10 Å². The largest absolute Gasteiger partial charge is 0.478 e. The second-order valence-electron chi connectivity index (χ2n) is 3.93. The lowest BCUT2D eigenvalue weighted by molar-refractivity contribution is 0.0696. The highest BCUT2D eigenvalue weighted by Crippen LogP contribution is 2.15. The highest BCUT2D eigenvalue weighted by Gasteiger charge is 2.09. The Morgan fingerprint density at radius 2 is 2.28 bits per heavy atom. The molecule has 0 bridgehead atoms. The number of hydrogen-bond donors (Lipinski definition) is 1. The number of aromatic nitrogens is 2. The van der Waals surface area contributed by atoms with Crippen LogP contribution in [0.2, 0.25) is 0 Å². The molecule has 0 radical (unpaired) electrons. The number of nitrogens with zero attached hydrogens (tertiary/aromatic N) is 2. The summed E-state index contributed by atoms with van der Waals surface area (Å²) >= 11 is 0. The minimum Gasteiger partial charge on any atom is -0.478 e. The number of methoxy groups -OCH3 is 1. The monoisotopic (exact) mass is 246 g/mol. The number of carboxylic acid groups (broad SMARTS) is 1. The van der Waals surface area contributed by atoms with E-state index in [0.717, 1.165) is 11.1 Å². The second-order valence-corrected chi connectivity index (χ2v) is 3.93. The van der Waals surface area contributed by atoms with E-state index >= 15 is 0 Å². The summed E-state index contributed by atoms with van der Waals surface area (Å²) in [6.07, 6.45) is 3.57. The van der Waals surface area contributed by atoms with Gasteiger partial charge >= 0.3 is 5.97 Å². The van der Waals surface area contributed by atoms with Gasteiger partial charge in [-0.3, -0.25) is 4.68 Å². The number of aromatic carboxylic acids is 1. The van der Waals surface area contributed by atoms with E-state index in [0.29, 0.717) is 13.2 Å². The molecular weight excluding hydrogens is 232 g/mol. The fourth-order valence-corrected chi connectivity index (χ4v) is 1.77. The van der Waals surface area contributed by atoms with Crippen molar-refractivity contribution in [1.82, 2.24) is 9.78 Å². The lowest BCUT2D eigenvalue weighted by Crippen LogP contribution is -2.06. The maximum atomic E-state index is 10.9. The highest BCUT2D eigenvalue weighted by atomic mass is 16.5. The zero-order chi connectivity index (χ0) is 13.0. The van der Waals surface area contributed by atoms with Gasteiger partial charge in [-0.25, -0.2) is 4.79 Å². The Morgan fingerprint density at radius 3 is 2.89 bits per heavy atom. The van der Waals surface area contributed by atoms with Crippen LogP contribution in [-0.4, -0.2) is 28.0 Å². The van der Waals surface area contributed by atoms with Crippen molar-refractivity contribution >= 4 is 5.97 Å². The molecule has 0 unspecified atom stereocenters. The number of benzene rings is 1. The smallest absolute Gasteiger partial charge is 0.335 e. The molecule has 0 saturated heterocycles. The van der Waals surface area contributed by atoms with Gasteiger partial charge in [0.05, 0.1) is 18.7 Å². The third kappa shape index (κ3) is 2.75. The molecule has 0 aliphatic rings. The van der Waals surface area contributed by atoms with Gasteiger partial charge in [0.2, 0.25) is 0 Å². The first-order valence-corrected chi connectivity index (χ1v) is 5.52. The number of carbonyl (C=O) groups is 1. The topological polar surface area (TPSA) is 64.3 Å². The molecule has 18 heavy (non-hydrogen) atoms. The van der Waals surface area contributed by atoms with Gasteiger partial charge in [-0.15, -0.1) is 0 Å². The zero-order valence-electron chi connectivity index (χ0n) is 10.0. The van der Waals surface area contributed by atoms with Crippen molar-refractivity contribution in [3.63, 3.8) is 0 Å². The molecule has 94 valence electrons. The summed E-state index contributed by atoms with van der Waals surface area (Å²) in [6.45, 7) is 0.989. The summed E-state index contributed by atoms with van der Waals surface area (Å²) in [5.41, 5.74) is 2.14. The lowest BCUT2D eigenvalue weighted by atomic mass is 10.0. The first-order valence-electron chi connectivity index (χ1n) is 5.52. The zero-order valence-corrected chi connectivity index (χ0v) is 10.0. The Morgan fingerprint density at radius 1 is 1.44 bits per heavy atom. The van der Waals surface area contributed by atoms with Crippen LogP contribution in [0.15, 0.2) is 36.7 Å². The van der Waals surface area contributed by atoms with Gasteiger partial charge in [0, 0.05) is 19.5 Å². The van der Waals surface area contributed by atoms with E-state index in [1.165, 1.54) is 0 Å². The molecule has 1 aromatic carbocycles. The molecule has 0 fully saturated rings. The summed E-state index contributed by atoms with van der Waals surface area (Å²) in [4.78, 5) is 10.9. The van der Waals surface area contributed by atoms with Crippen molar-refractivity contribution in [2.24, 2.45) is 0 Å². The number of carboxylic acids is 1. The number of rotatable bonds is 5. The third-order valence-corrected chi connectivity index (χ3v) is 2.64. The van der Waals surface area contributed by atoms with E-state index in [2.05, 4.69) is 5.10 Å². The molecule has 0 amide bonds. The van der Waals surface area contributed by atoms with Crippen LogP contribution in [-0.2, 0) is 17.9 Å². The minimum absolute atomic E-state index is 0.270. The average Bonchev–Trinajstić information content (AvgIpc) is 2.84. The van der Waals surface area contributed by atoms with Crippen molar-refractivity contribution < 1.29 is 14.6 Å². The van der Waals surface area contributed by atoms with Gasteiger partial charge in [0.25, 0.3) is 0 Å². The summed E-state index contributed by atoms with van der Waals surface area (Å²) in [5, 5.41) is 13.1. The van der Waals surface area contributed by atoms with E-state index in [-0.39, 0.29) is 5.56 Å². The lowest BCUT2D eigenvalue weighted by Gasteiger charge is -2.10. The minimum atomic E-state index is -0.932. The maximum absolute atomic E-state index is 10.9. The van der Waals surface area contributed by atoms with Gasteiger partial charge in [-0.1, -0.05) is 6.07 Å². The maximum Gasteiger partial charge on any atom is 0.335 e. The van der Waals surface area contributed by atoms with Crippen LogP contribution >= 0.6 is 0 Å². The predicted octanol–water partition coefficient (Wildman–Crippen LogP) is 1.78. The van der Waals surface area contributed by atoms with Crippen LogP contribution in [0.3, 0.4) is 0 Å². The molecular formula is C13H14N2O3. The Balaban J connectivity index is 2.31. The van der Waals surface area contributed by atoms with Crippen LogP contribution < -0.4 is 0 Å². The first kappa shape index (κ1) is 12.3. The molecule has 2 aromatic rings. The summed E-state index contributed by atoms with van der Waals surface area (Å²) in [6, 6.07) is 6.89. The van der Waals surface area contributed by atoms with Crippen LogP contribution in [0.5, 0.6) is 0 Å². The Bertz CT molecular complexity index is 535. The molecule has 5 heteroatoms. The second kappa shape index (κ2) is 5.46. The molecule has 0 saturated carbocycles. The molecule has 1 heterocycles. The Kier molecular flexibility index (Phi) is 3.74. The normalized spacial score (nSPS) is 10.5. The van der Waals surface area contributed by atoms with Crippen LogP contribution in [0.4, 0.5) is 0 Å². The summed E-state index contributed by atoms with van der Waals surface area (Å²) in [7, 11) is 1.59. The van der Waals surface area contributed by atoms with E-state index in [4.69, 9.17) is 9.84 Å². The number of ether oxygens (including phenoxy) is 1. The summed E-state index contributed by atoms with van der Waals surface area (Å²) < 4.78 is 6.89. The van der Waals surface area contributed by atoms with E-state index in [9.17, 15) is 4.79 Å². The van der Waals surface area contributed by atoms with Crippen molar-refractivity contribution in [3.8, 4) is 0 Å². The SMILES string of the molecule is COCc1cc(C(=O)O)ccc1Cn1cccn1. The molecule has 1 aromatic heterocycles. The van der Waals surface area contributed by atoms with Crippen LogP contribution in [0.1, 0.15) is 21.5 Å². The van der Waals surface area contributed by atoms with Crippen LogP contribution in [0.25, 0.3) is 0 Å². The van der Waals surface area contributed by atoms with E-state index < -0.39 is 5.97 Å². The van der Waals surface area contributed by atoms with Crippen molar-refractivity contribution in [3.05, 3.63) is 53.3 Å². The Labute approximate surface area is 105 Å². The molecule has 2 rings (SSSR count). The van der Waals surface area contributed by atoms with Crippen molar-refractivity contribution in [2.75, 3.05) is 7.11 Å². The molecule has 1 N–H and O–H groups in total. The fourth-order valence-electron chi connectivity index (χ4n) is 1.77. The van der Waals surface area contributed by atoms with Crippen LogP contribution in [0, 0.1) is 0 Å². The van der Waals surface area contributed by atoms with Gasteiger partial charge < -0.3 is 9.84 Å². The van der Waals surface area contributed by atoms with E-state index in [1.807, 2.05) is 12.3 Å². The highest BCUT2D eigenvalue weighted by molar-refractivity contribution is 5.87. The quantitative estimate of drug-likeness (QED) is 0.873. The average molecular weight is 246 g/mol. The molecule has 0 aliphatic heterocycles. The first-order chi connectivity index (χ1) is 8.70. The molecule has 0 atom stereocenters. The van der Waals surface area contributed by atoms with Crippen molar-refractivity contribution in [1.29, 1.82) is 0 Å².